The Morgan fingerprint density at radius 3 is 2.63 bits per heavy atom. The molecule has 1 fully saturated rings. The monoisotopic (exact) mass is 422 g/mol. The zero-order valence-corrected chi connectivity index (χ0v) is 17.5. The van der Waals surface area contributed by atoms with Crippen LogP contribution in [0.2, 0.25) is 0 Å². The van der Waals surface area contributed by atoms with E-state index in [2.05, 4.69) is 99.5 Å². The van der Waals surface area contributed by atoms with Crippen LogP contribution in [0.15, 0.2) is 71.2 Å². The highest BCUT2D eigenvalue weighted by Gasteiger charge is 2.23. The Kier molecular flexibility index (Phi) is 5.92. The van der Waals surface area contributed by atoms with Crippen LogP contribution in [0, 0.1) is 0 Å². The third kappa shape index (κ3) is 4.60. The van der Waals surface area contributed by atoms with E-state index in [0.717, 1.165) is 24.1 Å². The fourth-order valence-electron chi connectivity index (χ4n) is 4.26. The number of halogens is 1. The average Bonchev–Trinajstić information content (AvgIpc) is 3.07. The van der Waals surface area contributed by atoms with Gasteiger partial charge in [0, 0.05) is 30.1 Å². The number of hydrogen-bond donors (Lipinski definition) is 0. The fraction of sp³-hybridized carbons (Fsp3) is 0.333. The van der Waals surface area contributed by atoms with E-state index < -0.39 is 0 Å². The summed E-state index contributed by atoms with van der Waals surface area (Å²) in [6, 6.07) is 24.8. The molecule has 4 rings (SSSR count). The van der Waals surface area contributed by atoms with E-state index >= 15 is 0 Å². The van der Waals surface area contributed by atoms with Crippen LogP contribution in [0.25, 0.3) is 10.8 Å². The summed E-state index contributed by atoms with van der Waals surface area (Å²) < 4.78 is 1.16. The first-order valence-electron chi connectivity index (χ1n) is 9.83. The van der Waals surface area contributed by atoms with Gasteiger partial charge in [-0.1, -0.05) is 70.5 Å². The number of benzene rings is 3. The number of likely N-dealkylation sites (N-methyl/N-ethyl adjacent to an activating group) is 1. The molecular weight excluding hydrogens is 396 g/mol. The minimum absolute atomic E-state index is 0.659. The maximum atomic E-state index is 3.62. The second kappa shape index (κ2) is 8.55. The Bertz CT molecular complexity index is 902. The minimum atomic E-state index is 0.659. The molecule has 1 aliphatic heterocycles. The molecule has 1 aliphatic rings. The molecule has 0 saturated carbocycles. The molecule has 3 aromatic carbocycles. The molecule has 1 atom stereocenters. The number of fused-ring (bicyclic) bond motifs is 1. The average molecular weight is 423 g/mol. The number of rotatable bonds is 6. The topological polar surface area (TPSA) is 6.48 Å². The van der Waals surface area contributed by atoms with Crippen LogP contribution < -0.4 is 0 Å². The lowest BCUT2D eigenvalue weighted by Crippen LogP contribution is -2.38. The first-order valence-corrected chi connectivity index (χ1v) is 10.6. The van der Waals surface area contributed by atoms with E-state index in [1.165, 1.54) is 41.3 Å². The summed E-state index contributed by atoms with van der Waals surface area (Å²) in [6.45, 7) is 4.31. The predicted molar refractivity (Wildman–Crippen MR) is 118 cm³/mol. The van der Waals surface area contributed by atoms with Crippen molar-refractivity contribution in [3.05, 3.63) is 82.3 Å². The molecule has 0 N–H and O–H groups in total. The summed E-state index contributed by atoms with van der Waals surface area (Å²) in [5, 5.41) is 2.70. The van der Waals surface area contributed by atoms with Gasteiger partial charge in [0.05, 0.1) is 0 Å². The van der Waals surface area contributed by atoms with Crippen molar-refractivity contribution in [1.29, 1.82) is 0 Å². The van der Waals surface area contributed by atoms with Crippen molar-refractivity contribution < 1.29 is 0 Å². The molecule has 3 aromatic rings. The standard InChI is InChI=1S/C24H27BrN2/c1-26-14-6-12-23(26)18-27(16-19-7-4-11-22(25)15-19)17-21-10-5-9-20-8-2-3-13-24(20)21/h2-5,7-11,13,15,23H,6,12,14,16-18H2,1H3. The fourth-order valence-corrected chi connectivity index (χ4v) is 4.70. The van der Waals surface area contributed by atoms with E-state index in [4.69, 9.17) is 0 Å². The molecule has 2 nitrogen and oxygen atoms in total. The maximum Gasteiger partial charge on any atom is 0.0244 e. The second-order valence-electron chi connectivity index (χ2n) is 7.71. The zero-order valence-electron chi connectivity index (χ0n) is 15.9. The van der Waals surface area contributed by atoms with Crippen LogP contribution in [0.3, 0.4) is 0 Å². The molecule has 0 amide bonds. The summed E-state index contributed by atoms with van der Waals surface area (Å²) in [5.41, 5.74) is 2.79. The highest BCUT2D eigenvalue weighted by atomic mass is 79.9. The van der Waals surface area contributed by atoms with Crippen molar-refractivity contribution in [2.45, 2.75) is 32.0 Å². The van der Waals surface area contributed by atoms with E-state index in [1.807, 2.05) is 0 Å². The Morgan fingerprint density at radius 2 is 1.81 bits per heavy atom. The van der Waals surface area contributed by atoms with Crippen LogP contribution >= 0.6 is 15.9 Å². The van der Waals surface area contributed by atoms with Gasteiger partial charge < -0.3 is 4.90 Å². The van der Waals surface area contributed by atoms with Gasteiger partial charge in [-0.3, -0.25) is 4.90 Å². The van der Waals surface area contributed by atoms with Gasteiger partial charge in [-0.2, -0.15) is 0 Å². The van der Waals surface area contributed by atoms with E-state index in [9.17, 15) is 0 Å². The predicted octanol–water partition coefficient (Wildman–Crippen LogP) is 5.70. The Labute approximate surface area is 170 Å². The summed E-state index contributed by atoms with van der Waals surface area (Å²) in [7, 11) is 2.27. The first-order chi connectivity index (χ1) is 13.2. The Hall–Kier alpha value is -1.68. The SMILES string of the molecule is CN1CCCC1CN(Cc1cccc(Br)c1)Cc1cccc2ccccc12. The third-order valence-corrected chi connectivity index (χ3v) is 6.20. The molecule has 1 saturated heterocycles. The highest BCUT2D eigenvalue weighted by molar-refractivity contribution is 9.10. The quantitative estimate of drug-likeness (QED) is 0.502. The first kappa shape index (κ1) is 18.7. The Morgan fingerprint density at radius 1 is 1.00 bits per heavy atom. The summed E-state index contributed by atoms with van der Waals surface area (Å²) in [6.07, 6.45) is 2.63. The molecule has 3 heteroatoms. The lowest BCUT2D eigenvalue weighted by molar-refractivity contribution is 0.181. The lowest BCUT2D eigenvalue weighted by Gasteiger charge is -2.29. The van der Waals surface area contributed by atoms with Crippen molar-refractivity contribution in [3.63, 3.8) is 0 Å². The van der Waals surface area contributed by atoms with Crippen molar-refractivity contribution in [2.75, 3.05) is 20.1 Å². The van der Waals surface area contributed by atoms with Crippen molar-refractivity contribution in [1.82, 2.24) is 9.80 Å². The zero-order chi connectivity index (χ0) is 18.6. The lowest BCUT2D eigenvalue weighted by atomic mass is 10.0. The van der Waals surface area contributed by atoms with E-state index in [1.54, 1.807) is 0 Å². The van der Waals surface area contributed by atoms with Crippen molar-refractivity contribution in [2.24, 2.45) is 0 Å². The van der Waals surface area contributed by atoms with Crippen LogP contribution in [-0.4, -0.2) is 36.0 Å². The summed E-state index contributed by atoms with van der Waals surface area (Å²) in [5.74, 6) is 0. The van der Waals surface area contributed by atoms with Crippen LogP contribution in [0.4, 0.5) is 0 Å². The number of likely N-dealkylation sites (tertiary alicyclic amines) is 1. The summed E-state index contributed by atoms with van der Waals surface area (Å²) in [4.78, 5) is 5.15. The van der Waals surface area contributed by atoms with Gasteiger partial charge in [-0.25, -0.2) is 0 Å². The Balaban J connectivity index is 1.60. The number of nitrogens with zero attached hydrogens (tertiary/aromatic N) is 2. The van der Waals surface area contributed by atoms with Crippen LogP contribution in [0.5, 0.6) is 0 Å². The molecule has 1 heterocycles. The van der Waals surface area contributed by atoms with Gasteiger partial charge in [-0.15, -0.1) is 0 Å². The van der Waals surface area contributed by atoms with Crippen molar-refractivity contribution in [3.8, 4) is 0 Å². The van der Waals surface area contributed by atoms with E-state index in [0.29, 0.717) is 6.04 Å². The van der Waals surface area contributed by atoms with Gasteiger partial charge in [-0.05, 0) is 60.5 Å². The van der Waals surface area contributed by atoms with Crippen molar-refractivity contribution >= 4 is 26.7 Å². The molecule has 0 radical (unpaired) electrons. The molecular formula is C24H27BrN2. The molecule has 140 valence electrons. The largest absolute Gasteiger partial charge is 0.302 e. The van der Waals surface area contributed by atoms with Crippen LogP contribution in [0.1, 0.15) is 24.0 Å². The van der Waals surface area contributed by atoms with E-state index in [-0.39, 0.29) is 0 Å². The smallest absolute Gasteiger partial charge is 0.0244 e. The molecule has 27 heavy (non-hydrogen) atoms. The molecule has 0 aliphatic carbocycles. The highest BCUT2D eigenvalue weighted by Crippen LogP contribution is 2.24. The van der Waals surface area contributed by atoms with Gasteiger partial charge in [0.25, 0.3) is 0 Å². The second-order valence-corrected chi connectivity index (χ2v) is 8.63. The maximum absolute atomic E-state index is 3.62. The van der Waals surface area contributed by atoms with Gasteiger partial charge in [0.15, 0.2) is 0 Å². The third-order valence-electron chi connectivity index (χ3n) is 5.71. The molecule has 0 bridgehead atoms. The summed E-state index contributed by atoms with van der Waals surface area (Å²) >= 11 is 3.62. The number of hydrogen-bond acceptors (Lipinski definition) is 2. The van der Waals surface area contributed by atoms with Crippen LogP contribution in [-0.2, 0) is 13.1 Å². The van der Waals surface area contributed by atoms with Gasteiger partial charge in [0.1, 0.15) is 0 Å². The minimum Gasteiger partial charge on any atom is -0.302 e. The van der Waals surface area contributed by atoms with Gasteiger partial charge >= 0.3 is 0 Å². The van der Waals surface area contributed by atoms with Gasteiger partial charge in [0.2, 0.25) is 0 Å². The molecule has 0 spiro atoms. The molecule has 0 aromatic heterocycles. The normalized spacial score (nSPS) is 17.8. The molecule has 1 unspecified atom stereocenters.